The Hall–Kier alpha value is -0.610. The molecule has 3 rings (SSSR count). The Morgan fingerprint density at radius 1 is 1.00 bits per heavy atom. The quantitative estimate of drug-likeness (QED) is 0.557. The lowest BCUT2D eigenvalue weighted by Crippen LogP contribution is -2.51. The highest BCUT2D eigenvalue weighted by Crippen LogP contribution is 2.27. The molecule has 3 aliphatic heterocycles. The van der Waals surface area contributed by atoms with E-state index in [9.17, 15) is 4.79 Å². The smallest absolute Gasteiger partial charge is 0.228 e. The second kappa shape index (κ2) is 3.21. The number of nitrogens with zero attached hydrogens (tertiary/aromatic N) is 1. The summed E-state index contributed by atoms with van der Waals surface area (Å²) in [5.74, 6) is 2.12. The van der Waals surface area contributed by atoms with E-state index in [2.05, 4.69) is 15.5 Å². The summed E-state index contributed by atoms with van der Waals surface area (Å²) in [4.78, 5) is 14.0. The minimum atomic E-state index is 0.279. The second-order valence-electron chi connectivity index (χ2n) is 4.78. The van der Waals surface area contributed by atoms with Gasteiger partial charge in [0, 0.05) is 39.3 Å². The fourth-order valence-corrected chi connectivity index (χ4v) is 2.76. The summed E-state index contributed by atoms with van der Waals surface area (Å²) in [5, 5.41) is 6.55. The van der Waals surface area contributed by atoms with Crippen molar-refractivity contribution >= 4 is 5.91 Å². The lowest BCUT2D eigenvalue weighted by atomic mass is 10.0. The van der Waals surface area contributed by atoms with Gasteiger partial charge in [-0.3, -0.25) is 4.79 Å². The zero-order chi connectivity index (χ0) is 9.54. The Kier molecular flexibility index (Phi) is 1.99. The maximum absolute atomic E-state index is 11.9. The first-order valence-electron chi connectivity index (χ1n) is 5.55. The highest BCUT2D eigenvalue weighted by molar-refractivity contribution is 5.80. The summed E-state index contributed by atoms with van der Waals surface area (Å²) in [5.41, 5.74) is 0. The molecule has 0 radical (unpaired) electrons. The van der Waals surface area contributed by atoms with Crippen LogP contribution in [0.3, 0.4) is 0 Å². The first kappa shape index (κ1) is 8.68. The summed E-state index contributed by atoms with van der Waals surface area (Å²) < 4.78 is 0. The predicted molar refractivity (Wildman–Crippen MR) is 52.8 cm³/mol. The van der Waals surface area contributed by atoms with Crippen molar-refractivity contribution in [2.45, 2.75) is 0 Å². The van der Waals surface area contributed by atoms with Crippen LogP contribution in [0.25, 0.3) is 0 Å². The van der Waals surface area contributed by atoms with Crippen molar-refractivity contribution in [3.63, 3.8) is 0 Å². The van der Waals surface area contributed by atoms with Gasteiger partial charge < -0.3 is 15.5 Å². The van der Waals surface area contributed by atoms with Crippen LogP contribution in [-0.2, 0) is 4.79 Å². The fourth-order valence-electron chi connectivity index (χ4n) is 2.76. The van der Waals surface area contributed by atoms with Crippen molar-refractivity contribution in [3.8, 4) is 0 Å². The molecule has 2 N–H and O–H groups in total. The Morgan fingerprint density at radius 2 is 1.57 bits per heavy atom. The Morgan fingerprint density at radius 3 is 2.07 bits per heavy atom. The standard InChI is InChI=1S/C10H17N3O/c14-10(7-1-11-2-7)13-5-8-3-12-4-9(8)6-13/h7-9,11-12H,1-6H2/t8-,9+. The van der Waals surface area contributed by atoms with Gasteiger partial charge in [0.1, 0.15) is 0 Å². The molecule has 3 aliphatic rings. The highest BCUT2D eigenvalue weighted by atomic mass is 16.2. The zero-order valence-corrected chi connectivity index (χ0v) is 8.33. The number of hydrogen-bond acceptors (Lipinski definition) is 3. The van der Waals surface area contributed by atoms with Gasteiger partial charge in [0.05, 0.1) is 5.92 Å². The molecule has 0 aromatic carbocycles. The molecular weight excluding hydrogens is 178 g/mol. The molecular formula is C10H17N3O. The summed E-state index contributed by atoms with van der Waals surface area (Å²) in [7, 11) is 0. The molecule has 4 nitrogen and oxygen atoms in total. The van der Waals surface area contributed by atoms with Crippen molar-refractivity contribution in [1.29, 1.82) is 0 Å². The fraction of sp³-hybridized carbons (Fsp3) is 0.900. The van der Waals surface area contributed by atoms with Crippen LogP contribution in [0.1, 0.15) is 0 Å². The first-order valence-corrected chi connectivity index (χ1v) is 5.55. The molecule has 4 heteroatoms. The third-order valence-electron chi connectivity index (χ3n) is 3.83. The van der Waals surface area contributed by atoms with Crippen molar-refractivity contribution in [3.05, 3.63) is 0 Å². The molecule has 3 heterocycles. The molecule has 14 heavy (non-hydrogen) atoms. The summed E-state index contributed by atoms with van der Waals surface area (Å²) >= 11 is 0. The second-order valence-corrected chi connectivity index (χ2v) is 4.78. The minimum absolute atomic E-state index is 0.279. The van der Waals surface area contributed by atoms with Crippen LogP contribution in [0.15, 0.2) is 0 Å². The molecule has 0 aromatic rings. The molecule has 3 saturated heterocycles. The van der Waals surface area contributed by atoms with Crippen LogP contribution in [-0.4, -0.2) is 50.1 Å². The predicted octanol–water partition coefficient (Wildman–Crippen LogP) is -1.12. The summed E-state index contributed by atoms with van der Waals surface area (Å²) in [6.45, 7) is 5.99. The van der Waals surface area contributed by atoms with Crippen LogP contribution in [0.2, 0.25) is 0 Å². The number of carbonyl (C=O) groups excluding carboxylic acids is 1. The number of rotatable bonds is 1. The Bertz CT molecular complexity index is 240. The zero-order valence-electron chi connectivity index (χ0n) is 8.33. The minimum Gasteiger partial charge on any atom is -0.342 e. The van der Waals surface area contributed by atoms with E-state index in [1.807, 2.05) is 0 Å². The molecule has 0 saturated carbocycles. The van der Waals surface area contributed by atoms with Crippen LogP contribution in [0, 0.1) is 17.8 Å². The van der Waals surface area contributed by atoms with Gasteiger partial charge in [0.15, 0.2) is 0 Å². The molecule has 78 valence electrons. The van der Waals surface area contributed by atoms with Gasteiger partial charge in [-0.25, -0.2) is 0 Å². The third-order valence-corrected chi connectivity index (χ3v) is 3.83. The van der Waals surface area contributed by atoms with E-state index in [4.69, 9.17) is 0 Å². The van der Waals surface area contributed by atoms with E-state index < -0.39 is 0 Å². The SMILES string of the molecule is O=C(C1CNC1)N1C[C@H]2CNC[C@H]2C1. The van der Waals surface area contributed by atoms with Gasteiger partial charge in [0.2, 0.25) is 5.91 Å². The van der Waals surface area contributed by atoms with Crippen molar-refractivity contribution in [1.82, 2.24) is 15.5 Å². The maximum Gasteiger partial charge on any atom is 0.228 e. The number of nitrogens with one attached hydrogen (secondary N) is 2. The van der Waals surface area contributed by atoms with Crippen molar-refractivity contribution in [2.24, 2.45) is 17.8 Å². The lowest BCUT2D eigenvalue weighted by molar-refractivity contribution is -0.136. The third kappa shape index (κ3) is 1.25. The van der Waals surface area contributed by atoms with Crippen LogP contribution in [0.5, 0.6) is 0 Å². The normalized spacial score (nSPS) is 37.0. The van der Waals surface area contributed by atoms with Crippen LogP contribution < -0.4 is 10.6 Å². The van der Waals surface area contributed by atoms with E-state index in [0.29, 0.717) is 5.91 Å². The Balaban J connectivity index is 1.61. The van der Waals surface area contributed by atoms with Crippen molar-refractivity contribution < 1.29 is 4.79 Å². The highest BCUT2D eigenvalue weighted by Gasteiger charge is 2.40. The molecule has 2 atom stereocenters. The molecule has 0 aromatic heterocycles. The summed E-state index contributed by atoms with van der Waals surface area (Å²) in [6, 6.07) is 0. The lowest BCUT2D eigenvalue weighted by Gasteiger charge is -2.30. The van der Waals surface area contributed by atoms with Gasteiger partial charge in [-0.1, -0.05) is 0 Å². The Labute approximate surface area is 84.0 Å². The van der Waals surface area contributed by atoms with Gasteiger partial charge in [-0.15, -0.1) is 0 Å². The molecule has 0 spiro atoms. The first-order chi connectivity index (χ1) is 6.84. The number of amides is 1. The van der Waals surface area contributed by atoms with E-state index >= 15 is 0 Å². The van der Waals surface area contributed by atoms with E-state index in [1.165, 1.54) is 0 Å². The number of likely N-dealkylation sites (tertiary alicyclic amines) is 1. The average Bonchev–Trinajstić information content (AvgIpc) is 2.56. The number of carbonyl (C=O) groups is 1. The maximum atomic E-state index is 11.9. The largest absolute Gasteiger partial charge is 0.342 e. The van der Waals surface area contributed by atoms with E-state index in [0.717, 1.165) is 51.1 Å². The van der Waals surface area contributed by atoms with Gasteiger partial charge in [-0.05, 0) is 11.8 Å². The van der Waals surface area contributed by atoms with Crippen molar-refractivity contribution in [2.75, 3.05) is 39.3 Å². The topological polar surface area (TPSA) is 44.4 Å². The molecule has 0 bridgehead atoms. The van der Waals surface area contributed by atoms with E-state index in [1.54, 1.807) is 0 Å². The number of hydrogen-bond donors (Lipinski definition) is 2. The van der Waals surface area contributed by atoms with Gasteiger partial charge >= 0.3 is 0 Å². The molecule has 0 unspecified atom stereocenters. The van der Waals surface area contributed by atoms with Gasteiger partial charge in [-0.2, -0.15) is 0 Å². The molecule has 3 fully saturated rings. The monoisotopic (exact) mass is 195 g/mol. The average molecular weight is 195 g/mol. The van der Waals surface area contributed by atoms with Crippen LogP contribution >= 0.6 is 0 Å². The molecule has 1 amide bonds. The van der Waals surface area contributed by atoms with Gasteiger partial charge in [0.25, 0.3) is 0 Å². The van der Waals surface area contributed by atoms with Crippen LogP contribution in [0.4, 0.5) is 0 Å². The molecule has 0 aliphatic carbocycles. The summed E-state index contributed by atoms with van der Waals surface area (Å²) in [6.07, 6.45) is 0. The number of fused-ring (bicyclic) bond motifs is 1. The van der Waals surface area contributed by atoms with E-state index in [-0.39, 0.29) is 5.92 Å².